The minimum absolute atomic E-state index is 0.0154. The number of hydrogen-bond acceptors (Lipinski definition) is 7. The molecule has 1 atom stereocenters. The summed E-state index contributed by atoms with van der Waals surface area (Å²) >= 11 is 3.12. The van der Waals surface area contributed by atoms with E-state index in [1.165, 1.54) is 16.4 Å². The minimum atomic E-state index is 0.0154. The van der Waals surface area contributed by atoms with Gasteiger partial charge < -0.3 is 10.6 Å². The largest absolute Gasteiger partial charge is 0.375 e. The van der Waals surface area contributed by atoms with Crippen molar-refractivity contribution in [2.45, 2.75) is 23.9 Å². The zero-order valence-corrected chi connectivity index (χ0v) is 14.5. The molecule has 0 unspecified atom stereocenters. The van der Waals surface area contributed by atoms with Crippen molar-refractivity contribution in [3.05, 3.63) is 46.4 Å². The summed E-state index contributed by atoms with van der Waals surface area (Å²) in [6.45, 7) is 1.98. The van der Waals surface area contributed by atoms with E-state index in [1.54, 1.807) is 18.4 Å². The van der Waals surface area contributed by atoms with Crippen LogP contribution in [-0.4, -0.2) is 27.0 Å². The molecule has 0 saturated carbocycles. The van der Waals surface area contributed by atoms with Gasteiger partial charge in [0.15, 0.2) is 5.82 Å². The summed E-state index contributed by atoms with van der Waals surface area (Å²) in [6.07, 6.45) is 0.0154. The predicted octanol–water partition coefficient (Wildman–Crippen LogP) is 3.12. The Hall–Kier alpha value is -1.90. The molecular weight excluding hydrogens is 330 g/mol. The molecule has 0 spiro atoms. The van der Waals surface area contributed by atoms with Gasteiger partial charge in [-0.2, -0.15) is 0 Å². The molecule has 23 heavy (non-hydrogen) atoms. The van der Waals surface area contributed by atoms with Crippen LogP contribution < -0.4 is 5.84 Å². The number of thioether (sulfide) groups is 1. The number of nitrogen functional groups attached to an aromatic ring is 1. The molecule has 0 aliphatic carbocycles. The van der Waals surface area contributed by atoms with E-state index in [2.05, 4.69) is 15.2 Å². The van der Waals surface area contributed by atoms with Gasteiger partial charge in [-0.3, -0.25) is 0 Å². The zero-order valence-electron chi connectivity index (χ0n) is 12.8. The van der Waals surface area contributed by atoms with Crippen molar-refractivity contribution < 1.29 is 4.74 Å². The highest BCUT2D eigenvalue weighted by Gasteiger charge is 2.14. The molecule has 120 valence electrons. The predicted molar refractivity (Wildman–Crippen MR) is 92.7 cm³/mol. The molecule has 2 N–H and O–H groups in total. The molecule has 0 aliphatic heterocycles. The Labute approximate surface area is 142 Å². The third-order valence-corrected chi connectivity index (χ3v) is 5.35. The average molecular weight is 347 g/mol. The van der Waals surface area contributed by atoms with Gasteiger partial charge in [0.05, 0.1) is 5.69 Å². The van der Waals surface area contributed by atoms with Crippen LogP contribution in [0.5, 0.6) is 0 Å². The molecule has 8 heteroatoms. The van der Waals surface area contributed by atoms with Gasteiger partial charge in [0.2, 0.25) is 5.16 Å². The normalized spacial score (nSPS) is 12.4. The van der Waals surface area contributed by atoms with Crippen LogP contribution in [-0.2, 0) is 10.5 Å². The number of aromatic nitrogens is 4. The topological polar surface area (TPSA) is 78.9 Å². The van der Waals surface area contributed by atoms with Crippen LogP contribution >= 0.6 is 23.1 Å². The van der Waals surface area contributed by atoms with E-state index < -0.39 is 0 Å². The van der Waals surface area contributed by atoms with Crippen molar-refractivity contribution in [2.75, 3.05) is 13.0 Å². The maximum absolute atomic E-state index is 6.11. The number of benzene rings is 1. The molecule has 6 nitrogen and oxygen atoms in total. The van der Waals surface area contributed by atoms with E-state index in [0.29, 0.717) is 16.7 Å². The molecule has 3 rings (SSSR count). The molecule has 1 aromatic carbocycles. The summed E-state index contributed by atoms with van der Waals surface area (Å²) in [7, 11) is 1.68. The molecule has 0 radical (unpaired) electrons. The summed E-state index contributed by atoms with van der Waals surface area (Å²) < 4.78 is 6.80. The number of rotatable bonds is 6. The fraction of sp³-hybridized carbons (Fsp3) is 0.267. The molecule has 0 aliphatic rings. The number of nitrogens with two attached hydrogens (primary N) is 1. The van der Waals surface area contributed by atoms with Crippen LogP contribution in [0.15, 0.2) is 40.9 Å². The van der Waals surface area contributed by atoms with Gasteiger partial charge in [0.1, 0.15) is 11.1 Å². The van der Waals surface area contributed by atoms with E-state index >= 15 is 0 Å². The van der Waals surface area contributed by atoms with Gasteiger partial charge in [0, 0.05) is 23.8 Å². The summed E-state index contributed by atoms with van der Waals surface area (Å²) in [4.78, 5) is 4.57. The smallest absolute Gasteiger partial charge is 0.210 e. The lowest BCUT2D eigenvalue weighted by atomic mass is 10.2. The molecular formula is C15H17N5OS2. The standard InChI is InChI=1S/C15H17N5OS2/c1-10(21-2)14-17-12(8-22-14)9-23-15-19-18-13(20(15)16)11-6-4-3-5-7-11/h3-8,10H,9,16H2,1-2H3/t10-/m0/s1. The first kappa shape index (κ1) is 16.0. The van der Waals surface area contributed by atoms with E-state index in [1.807, 2.05) is 42.6 Å². The third kappa shape index (κ3) is 3.54. The summed E-state index contributed by atoms with van der Waals surface area (Å²) in [6, 6.07) is 9.77. The maximum Gasteiger partial charge on any atom is 0.210 e. The average Bonchev–Trinajstić information content (AvgIpc) is 3.20. The van der Waals surface area contributed by atoms with Gasteiger partial charge in [-0.05, 0) is 6.92 Å². The van der Waals surface area contributed by atoms with Gasteiger partial charge >= 0.3 is 0 Å². The minimum Gasteiger partial charge on any atom is -0.375 e. The number of hydrogen-bond donors (Lipinski definition) is 1. The lowest BCUT2D eigenvalue weighted by molar-refractivity contribution is 0.119. The van der Waals surface area contributed by atoms with Crippen molar-refractivity contribution >= 4 is 23.1 Å². The zero-order chi connectivity index (χ0) is 16.2. The van der Waals surface area contributed by atoms with E-state index in [-0.39, 0.29) is 6.10 Å². The summed E-state index contributed by atoms with van der Waals surface area (Å²) in [5.74, 6) is 7.45. The molecule has 3 aromatic rings. The van der Waals surface area contributed by atoms with Crippen LogP contribution in [0.2, 0.25) is 0 Å². The Balaban J connectivity index is 1.70. The summed E-state index contributed by atoms with van der Waals surface area (Å²) in [5, 5.41) is 12.0. The Kier molecular flexibility index (Phi) is 4.94. The Morgan fingerprint density at radius 1 is 1.30 bits per heavy atom. The van der Waals surface area contributed by atoms with Gasteiger partial charge in [-0.15, -0.1) is 21.5 Å². The first-order chi connectivity index (χ1) is 11.2. The Bertz CT molecular complexity index is 771. The van der Waals surface area contributed by atoms with E-state index in [9.17, 15) is 0 Å². The van der Waals surface area contributed by atoms with Gasteiger partial charge in [0.25, 0.3) is 0 Å². The second-order valence-electron chi connectivity index (χ2n) is 4.89. The fourth-order valence-corrected chi connectivity index (χ4v) is 3.68. The Morgan fingerprint density at radius 3 is 2.83 bits per heavy atom. The van der Waals surface area contributed by atoms with Crippen LogP contribution in [0.1, 0.15) is 23.7 Å². The van der Waals surface area contributed by atoms with Crippen molar-refractivity contribution in [1.29, 1.82) is 0 Å². The third-order valence-electron chi connectivity index (χ3n) is 3.32. The highest BCUT2D eigenvalue weighted by molar-refractivity contribution is 7.98. The van der Waals surface area contributed by atoms with E-state index in [4.69, 9.17) is 10.6 Å². The molecule has 0 saturated heterocycles. The molecule has 2 aromatic heterocycles. The van der Waals surface area contributed by atoms with Gasteiger partial charge in [-0.25, -0.2) is 9.66 Å². The number of nitrogens with zero attached hydrogens (tertiary/aromatic N) is 4. The quantitative estimate of drug-likeness (QED) is 0.545. The van der Waals surface area contributed by atoms with Crippen molar-refractivity contribution in [3.63, 3.8) is 0 Å². The van der Waals surface area contributed by atoms with E-state index in [0.717, 1.165) is 16.3 Å². The lowest BCUT2D eigenvalue weighted by Gasteiger charge is -2.04. The summed E-state index contributed by atoms with van der Waals surface area (Å²) in [5.41, 5.74) is 1.93. The molecule has 0 bridgehead atoms. The van der Waals surface area contributed by atoms with Crippen LogP contribution in [0, 0.1) is 0 Å². The van der Waals surface area contributed by atoms with Crippen LogP contribution in [0.25, 0.3) is 11.4 Å². The first-order valence-electron chi connectivity index (χ1n) is 7.05. The van der Waals surface area contributed by atoms with Crippen molar-refractivity contribution in [3.8, 4) is 11.4 Å². The number of ether oxygens (including phenoxy) is 1. The lowest BCUT2D eigenvalue weighted by Crippen LogP contribution is -2.11. The SMILES string of the molecule is CO[C@@H](C)c1nc(CSc2nnc(-c3ccccc3)n2N)cs1. The maximum atomic E-state index is 6.11. The second-order valence-corrected chi connectivity index (χ2v) is 6.72. The monoisotopic (exact) mass is 347 g/mol. The molecule has 0 fully saturated rings. The van der Waals surface area contributed by atoms with Crippen molar-refractivity contribution in [1.82, 2.24) is 19.9 Å². The highest BCUT2D eigenvalue weighted by atomic mass is 32.2. The fourth-order valence-electron chi connectivity index (χ4n) is 1.97. The first-order valence-corrected chi connectivity index (χ1v) is 8.91. The number of methoxy groups -OCH3 is 1. The Morgan fingerprint density at radius 2 is 2.09 bits per heavy atom. The van der Waals surface area contributed by atoms with Gasteiger partial charge in [-0.1, -0.05) is 42.1 Å². The highest BCUT2D eigenvalue weighted by Crippen LogP contribution is 2.26. The second kappa shape index (κ2) is 7.12. The van der Waals surface area contributed by atoms with Crippen molar-refractivity contribution in [2.24, 2.45) is 0 Å². The van der Waals surface area contributed by atoms with Crippen LogP contribution in [0.4, 0.5) is 0 Å². The van der Waals surface area contributed by atoms with Crippen LogP contribution in [0.3, 0.4) is 0 Å². The number of thiazole rings is 1. The molecule has 0 amide bonds. The molecule has 2 heterocycles.